The largest absolute Gasteiger partial charge is 0.373 e. The van der Waals surface area contributed by atoms with E-state index in [-0.39, 0.29) is 28.9 Å². The van der Waals surface area contributed by atoms with Crippen molar-refractivity contribution in [3.8, 4) is 0 Å². The van der Waals surface area contributed by atoms with Crippen LogP contribution in [0.25, 0.3) is 0 Å². The summed E-state index contributed by atoms with van der Waals surface area (Å²) in [6.45, 7) is 9.90. The molecule has 0 bridgehead atoms. The smallest absolute Gasteiger partial charge is 0.261 e. The first-order valence-electron chi connectivity index (χ1n) is 9.62. The molecule has 0 unspecified atom stereocenters. The molecule has 0 aliphatic carbocycles. The topological polar surface area (TPSA) is 102 Å². The predicted molar refractivity (Wildman–Crippen MR) is 108 cm³/mol. The van der Waals surface area contributed by atoms with E-state index in [1.54, 1.807) is 19.1 Å². The maximum absolute atomic E-state index is 12.9. The lowest BCUT2D eigenvalue weighted by Gasteiger charge is -2.34. The number of carbonyl (C=O) groups excluding carboxylic acids is 1. The zero-order valence-electron chi connectivity index (χ0n) is 17.3. The molecule has 2 aromatic rings. The molecule has 2 heterocycles. The van der Waals surface area contributed by atoms with E-state index in [1.807, 2.05) is 27.7 Å². The first-order valence-corrected chi connectivity index (χ1v) is 11.1. The summed E-state index contributed by atoms with van der Waals surface area (Å²) in [4.78, 5) is 12.9. The van der Waals surface area contributed by atoms with Gasteiger partial charge in [-0.15, -0.1) is 0 Å². The molecule has 1 saturated heterocycles. The van der Waals surface area contributed by atoms with E-state index in [9.17, 15) is 13.2 Å². The second kappa shape index (κ2) is 8.25. The second-order valence-electron chi connectivity index (χ2n) is 7.72. The fourth-order valence-corrected chi connectivity index (χ4v) is 5.03. The molecule has 9 heteroatoms. The van der Waals surface area contributed by atoms with Crippen LogP contribution in [0.15, 0.2) is 33.7 Å². The Bertz CT molecular complexity index is 972. The van der Waals surface area contributed by atoms with E-state index in [2.05, 4.69) is 10.5 Å². The van der Waals surface area contributed by atoms with Gasteiger partial charge in [-0.05, 0) is 45.0 Å². The minimum absolute atomic E-state index is 0.0165. The second-order valence-corrected chi connectivity index (χ2v) is 9.66. The van der Waals surface area contributed by atoms with Crippen molar-refractivity contribution in [1.29, 1.82) is 0 Å². The standard InChI is InChI=1S/C20H27N3O5S/c1-12(2)19-18(15(5)22-28-19)20(24)21-16-6-8-17(9-7-16)29(25,26)23-10-13(3)27-14(4)11-23/h6-9,12-14H,10-11H2,1-5H3,(H,21,24)/t13-,14-/m1/s1. The van der Waals surface area contributed by atoms with E-state index < -0.39 is 10.0 Å². The summed E-state index contributed by atoms with van der Waals surface area (Å²) in [5.74, 6) is 0.205. The number of aromatic nitrogens is 1. The molecule has 3 rings (SSSR count). The fourth-order valence-electron chi connectivity index (χ4n) is 3.44. The van der Waals surface area contributed by atoms with Gasteiger partial charge in [0, 0.05) is 24.7 Å². The van der Waals surface area contributed by atoms with Crippen LogP contribution < -0.4 is 5.32 Å². The lowest BCUT2D eigenvalue weighted by atomic mass is 10.0. The van der Waals surface area contributed by atoms with Gasteiger partial charge in [0.15, 0.2) is 5.76 Å². The van der Waals surface area contributed by atoms with Gasteiger partial charge >= 0.3 is 0 Å². The van der Waals surface area contributed by atoms with Crippen molar-refractivity contribution < 1.29 is 22.5 Å². The molecule has 1 aromatic carbocycles. The molecule has 1 aromatic heterocycles. The predicted octanol–water partition coefficient (Wildman–Crippen LogP) is 3.16. The minimum Gasteiger partial charge on any atom is -0.373 e. The number of nitrogens with one attached hydrogen (secondary N) is 1. The van der Waals surface area contributed by atoms with E-state index >= 15 is 0 Å². The molecule has 8 nitrogen and oxygen atoms in total. The van der Waals surface area contributed by atoms with E-state index in [0.29, 0.717) is 35.8 Å². The summed E-state index contributed by atoms with van der Waals surface area (Å²) in [6, 6.07) is 6.16. The van der Waals surface area contributed by atoms with Crippen molar-refractivity contribution in [3.05, 3.63) is 41.3 Å². The summed E-state index contributed by atoms with van der Waals surface area (Å²) in [6.07, 6.45) is -0.317. The number of aryl methyl sites for hydroxylation is 1. The number of nitrogens with zero attached hydrogens (tertiary/aromatic N) is 2. The van der Waals surface area contributed by atoms with Crippen LogP contribution in [-0.4, -0.2) is 49.1 Å². The van der Waals surface area contributed by atoms with Crippen LogP contribution in [0, 0.1) is 6.92 Å². The number of hydrogen-bond donors (Lipinski definition) is 1. The van der Waals surface area contributed by atoms with Gasteiger partial charge < -0.3 is 14.6 Å². The van der Waals surface area contributed by atoms with Crippen molar-refractivity contribution in [1.82, 2.24) is 9.46 Å². The summed E-state index contributed by atoms with van der Waals surface area (Å²) in [5.41, 5.74) is 1.42. The molecule has 0 saturated carbocycles. The number of morpholine rings is 1. The van der Waals surface area contributed by atoms with Crippen molar-refractivity contribution in [2.75, 3.05) is 18.4 Å². The van der Waals surface area contributed by atoms with Crippen LogP contribution in [0.2, 0.25) is 0 Å². The molecule has 0 radical (unpaired) electrons. The average Bonchev–Trinajstić information content (AvgIpc) is 3.03. The van der Waals surface area contributed by atoms with Crippen LogP contribution in [0.5, 0.6) is 0 Å². The summed E-state index contributed by atoms with van der Waals surface area (Å²) >= 11 is 0. The highest BCUT2D eigenvalue weighted by atomic mass is 32.2. The van der Waals surface area contributed by atoms with Gasteiger partial charge in [-0.1, -0.05) is 19.0 Å². The first kappa shape index (κ1) is 21.5. The summed E-state index contributed by atoms with van der Waals surface area (Å²) in [5, 5.41) is 6.67. The molecule has 1 N–H and O–H groups in total. The maximum atomic E-state index is 12.9. The van der Waals surface area contributed by atoms with Crippen molar-refractivity contribution >= 4 is 21.6 Å². The number of hydrogen-bond acceptors (Lipinski definition) is 6. The highest BCUT2D eigenvalue weighted by Gasteiger charge is 2.32. The monoisotopic (exact) mass is 421 g/mol. The Morgan fingerprint density at radius 3 is 2.31 bits per heavy atom. The quantitative estimate of drug-likeness (QED) is 0.796. The van der Waals surface area contributed by atoms with Crippen molar-refractivity contribution in [3.63, 3.8) is 0 Å². The Labute approximate surface area is 171 Å². The average molecular weight is 422 g/mol. The zero-order chi connectivity index (χ0) is 21.3. The molecular weight excluding hydrogens is 394 g/mol. The third-order valence-electron chi connectivity index (χ3n) is 4.78. The van der Waals surface area contributed by atoms with Gasteiger partial charge in [-0.3, -0.25) is 4.79 Å². The van der Waals surface area contributed by atoms with Crippen LogP contribution in [0.4, 0.5) is 5.69 Å². The van der Waals surface area contributed by atoms with E-state index in [1.165, 1.54) is 16.4 Å². The molecule has 29 heavy (non-hydrogen) atoms. The first-order chi connectivity index (χ1) is 13.6. The molecule has 158 valence electrons. The number of anilines is 1. The van der Waals surface area contributed by atoms with Crippen LogP contribution in [0.1, 0.15) is 55.4 Å². The summed E-state index contributed by atoms with van der Waals surface area (Å²) < 4.78 is 38.2. The van der Waals surface area contributed by atoms with Gasteiger partial charge in [0.05, 0.1) is 22.8 Å². The molecule has 1 fully saturated rings. The molecule has 1 aliphatic heterocycles. The number of sulfonamides is 1. The van der Waals surface area contributed by atoms with Crippen LogP contribution >= 0.6 is 0 Å². The Kier molecular flexibility index (Phi) is 6.11. The number of ether oxygens (including phenoxy) is 1. The number of amides is 1. The third-order valence-corrected chi connectivity index (χ3v) is 6.62. The summed E-state index contributed by atoms with van der Waals surface area (Å²) in [7, 11) is -3.63. The van der Waals surface area contributed by atoms with Gasteiger partial charge in [0.25, 0.3) is 5.91 Å². The van der Waals surface area contributed by atoms with E-state index in [0.717, 1.165) is 0 Å². The normalized spacial score (nSPS) is 20.8. The molecule has 1 amide bonds. The van der Waals surface area contributed by atoms with Crippen molar-refractivity contribution in [2.24, 2.45) is 0 Å². The molecule has 1 aliphatic rings. The lowest BCUT2D eigenvalue weighted by Crippen LogP contribution is -2.48. The highest BCUT2D eigenvalue weighted by molar-refractivity contribution is 7.89. The highest BCUT2D eigenvalue weighted by Crippen LogP contribution is 2.25. The van der Waals surface area contributed by atoms with Crippen LogP contribution in [0.3, 0.4) is 0 Å². The maximum Gasteiger partial charge on any atom is 0.261 e. The third kappa shape index (κ3) is 4.52. The number of carbonyl (C=O) groups is 1. The number of benzene rings is 1. The van der Waals surface area contributed by atoms with Gasteiger partial charge in [-0.2, -0.15) is 4.31 Å². The SMILES string of the molecule is Cc1noc(C(C)C)c1C(=O)Nc1ccc(S(=O)(=O)N2C[C@@H](C)O[C@H](C)C2)cc1. The van der Waals surface area contributed by atoms with E-state index in [4.69, 9.17) is 9.26 Å². The molecule has 0 spiro atoms. The Morgan fingerprint density at radius 2 is 1.76 bits per heavy atom. The minimum atomic E-state index is -3.63. The lowest BCUT2D eigenvalue weighted by molar-refractivity contribution is -0.0440. The number of rotatable bonds is 5. The van der Waals surface area contributed by atoms with Crippen LogP contribution in [-0.2, 0) is 14.8 Å². The van der Waals surface area contributed by atoms with Crippen molar-refractivity contribution in [2.45, 2.75) is 57.6 Å². The Balaban J connectivity index is 1.77. The molecule has 2 atom stereocenters. The van der Waals surface area contributed by atoms with Gasteiger partial charge in [0.2, 0.25) is 10.0 Å². The zero-order valence-corrected chi connectivity index (χ0v) is 18.1. The van der Waals surface area contributed by atoms with Gasteiger partial charge in [0.1, 0.15) is 5.56 Å². The van der Waals surface area contributed by atoms with Gasteiger partial charge in [-0.25, -0.2) is 8.42 Å². The fraction of sp³-hybridized carbons (Fsp3) is 0.500. The molecular formula is C20H27N3O5S. The Hall–Kier alpha value is -2.23. The Morgan fingerprint density at radius 1 is 1.17 bits per heavy atom.